The van der Waals surface area contributed by atoms with Crippen LogP contribution in [0.3, 0.4) is 0 Å². The van der Waals surface area contributed by atoms with E-state index in [0.717, 1.165) is 26.3 Å². The lowest BCUT2D eigenvalue weighted by Crippen LogP contribution is -2.19. The standard InChI is InChI=1S/C11H18N2O/c1-3-14-7-6-13-9-11-4-5-12-8-10(11)2/h4-5,8,13H,3,6-7,9H2,1-2H3. The predicted molar refractivity (Wildman–Crippen MR) is 57.2 cm³/mol. The molecular weight excluding hydrogens is 176 g/mol. The van der Waals surface area contributed by atoms with Crippen LogP contribution in [-0.4, -0.2) is 24.7 Å². The normalized spacial score (nSPS) is 10.4. The largest absolute Gasteiger partial charge is 0.380 e. The second kappa shape index (κ2) is 6.51. The highest BCUT2D eigenvalue weighted by Crippen LogP contribution is 2.03. The average molecular weight is 194 g/mol. The Hall–Kier alpha value is -0.930. The summed E-state index contributed by atoms with van der Waals surface area (Å²) in [5.74, 6) is 0. The zero-order valence-electron chi connectivity index (χ0n) is 8.92. The number of hydrogen-bond donors (Lipinski definition) is 1. The Morgan fingerprint density at radius 1 is 1.50 bits per heavy atom. The van der Waals surface area contributed by atoms with Gasteiger partial charge in [-0.3, -0.25) is 4.98 Å². The Balaban J connectivity index is 2.21. The maximum atomic E-state index is 5.23. The molecule has 0 unspecified atom stereocenters. The Bertz CT molecular complexity index is 263. The molecule has 1 heterocycles. The molecule has 0 fully saturated rings. The zero-order valence-corrected chi connectivity index (χ0v) is 8.92. The molecule has 0 atom stereocenters. The molecule has 14 heavy (non-hydrogen) atoms. The van der Waals surface area contributed by atoms with Crippen molar-refractivity contribution >= 4 is 0 Å². The molecular formula is C11H18N2O. The lowest BCUT2D eigenvalue weighted by molar-refractivity contribution is 0.149. The van der Waals surface area contributed by atoms with Crippen LogP contribution in [0.2, 0.25) is 0 Å². The van der Waals surface area contributed by atoms with Gasteiger partial charge in [-0.2, -0.15) is 0 Å². The van der Waals surface area contributed by atoms with Gasteiger partial charge in [0.1, 0.15) is 0 Å². The van der Waals surface area contributed by atoms with E-state index in [1.807, 2.05) is 25.4 Å². The second-order valence-corrected chi connectivity index (χ2v) is 3.18. The highest BCUT2D eigenvalue weighted by atomic mass is 16.5. The summed E-state index contributed by atoms with van der Waals surface area (Å²) in [6.07, 6.45) is 3.71. The molecule has 78 valence electrons. The number of nitrogens with zero attached hydrogens (tertiary/aromatic N) is 1. The smallest absolute Gasteiger partial charge is 0.0590 e. The first-order valence-corrected chi connectivity index (χ1v) is 5.02. The third-order valence-electron chi connectivity index (χ3n) is 2.08. The monoisotopic (exact) mass is 194 g/mol. The van der Waals surface area contributed by atoms with Crippen molar-refractivity contribution in [3.8, 4) is 0 Å². The van der Waals surface area contributed by atoms with Crippen LogP contribution in [0.5, 0.6) is 0 Å². The fourth-order valence-electron chi connectivity index (χ4n) is 1.21. The summed E-state index contributed by atoms with van der Waals surface area (Å²) in [7, 11) is 0. The van der Waals surface area contributed by atoms with Crippen molar-refractivity contribution in [1.29, 1.82) is 0 Å². The summed E-state index contributed by atoms with van der Waals surface area (Å²) in [6.45, 7) is 7.44. The number of aromatic nitrogens is 1. The van der Waals surface area contributed by atoms with Crippen LogP contribution in [0.1, 0.15) is 18.1 Å². The van der Waals surface area contributed by atoms with Gasteiger partial charge < -0.3 is 10.1 Å². The molecule has 0 radical (unpaired) electrons. The third kappa shape index (κ3) is 3.85. The van der Waals surface area contributed by atoms with Crippen molar-refractivity contribution in [1.82, 2.24) is 10.3 Å². The molecule has 3 nitrogen and oxygen atoms in total. The van der Waals surface area contributed by atoms with Crippen molar-refractivity contribution in [3.05, 3.63) is 29.6 Å². The summed E-state index contributed by atoms with van der Waals surface area (Å²) in [5, 5.41) is 3.32. The first kappa shape index (κ1) is 11.1. The van der Waals surface area contributed by atoms with Crippen LogP contribution in [0.15, 0.2) is 18.5 Å². The topological polar surface area (TPSA) is 34.1 Å². The molecule has 0 amide bonds. The van der Waals surface area contributed by atoms with Crippen molar-refractivity contribution in [2.75, 3.05) is 19.8 Å². The van der Waals surface area contributed by atoms with Crippen molar-refractivity contribution in [2.24, 2.45) is 0 Å². The number of nitrogens with one attached hydrogen (secondary N) is 1. The number of aryl methyl sites for hydroxylation is 1. The van der Waals surface area contributed by atoms with Gasteiger partial charge in [-0.15, -0.1) is 0 Å². The maximum absolute atomic E-state index is 5.23. The van der Waals surface area contributed by atoms with Crippen LogP contribution in [0, 0.1) is 6.92 Å². The van der Waals surface area contributed by atoms with Crippen LogP contribution < -0.4 is 5.32 Å². The predicted octanol–water partition coefficient (Wildman–Crippen LogP) is 1.52. The number of ether oxygens (including phenoxy) is 1. The minimum absolute atomic E-state index is 0.778. The molecule has 0 aliphatic carbocycles. The van der Waals surface area contributed by atoms with E-state index in [4.69, 9.17) is 4.74 Å². The Kier molecular flexibility index (Phi) is 5.19. The first-order chi connectivity index (χ1) is 6.84. The van der Waals surface area contributed by atoms with E-state index in [2.05, 4.69) is 17.2 Å². The summed E-state index contributed by atoms with van der Waals surface area (Å²) in [6, 6.07) is 2.04. The SMILES string of the molecule is CCOCCNCc1ccncc1C. The van der Waals surface area contributed by atoms with Gasteiger partial charge in [-0.1, -0.05) is 0 Å². The van der Waals surface area contributed by atoms with E-state index in [-0.39, 0.29) is 0 Å². The van der Waals surface area contributed by atoms with Crippen molar-refractivity contribution in [2.45, 2.75) is 20.4 Å². The van der Waals surface area contributed by atoms with Gasteiger partial charge >= 0.3 is 0 Å². The highest BCUT2D eigenvalue weighted by molar-refractivity contribution is 5.20. The molecule has 0 spiro atoms. The van der Waals surface area contributed by atoms with Gasteiger partial charge in [0.25, 0.3) is 0 Å². The van der Waals surface area contributed by atoms with Gasteiger partial charge in [0.2, 0.25) is 0 Å². The lowest BCUT2D eigenvalue weighted by atomic mass is 10.1. The minimum atomic E-state index is 0.778. The molecule has 1 aromatic rings. The van der Waals surface area contributed by atoms with E-state index in [1.54, 1.807) is 0 Å². The summed E-state index contributed by atoms with van der Waals surface area (Å²) >= 11 is 0. The molecule has 0 bridgehead atoms. The molecule has 0 saturated heterocycles. The van der Waals surface area contributed by atoms with Gasteiger partial charge in [-0.05, 0) is 31.0 Å². The molecule has 0 aliphatic heterocycles. The second-order valence-electron chi connectivity index (χ2n) is 3.18. The molecule has 0 saturated carbocycles. The number of hydrogen-bond acceptors (Lipinski definition) is 3. The van der Waals surface area contributed by atoms with Crippen molar-refractivity contribution < 1.29 is 4.74 Å². The highest BCUT2D eigenvalue weighted by Gasteiger charge is 1.95. The summed E-state index contributed by atoms with van der Waals surface area (Å²) < 4.78 is 5.23. The van der Waals surface area contributed by atoms with Gasteiger partial charge in [0.15, 0.2) is 0 Å². The van der Waals surface area contributed by atoms with Crippen LogP contribution in [0.4, 0.5) is 0 Å². The third-order valence-corrected chi connectivity index (χ3v) is 2.08. The quantitative estimate of drug-likeness (QED) is 0.697. The Morgan fingerprint density at radius 3 is 3.07 bits per heavy atom. The number of rotatable bonds is 6. The molecule has 1 aromatic heterocycles. The van der Waals surface area contributed by atoms with E-state index in [1.165, 1.54) is 11.1 Å². The van der Waals surface area contributed by atoms with E-state index in [9.17, 15) is 0 Å². The molecule has 1 rings (SSSR count). The summed E-state index contributed by atoms with van der Waals surface area (Å²) in [5.41, 5.74) is 2.54. The fourth-order valence-corrected chi connectivity index (χ4v) is 1.21. The molecule has 3 heteroatoms. The van der Waals surface area contributed by atoms with Gasteiger partial charge in [0.05, 0.1) is 6.61 Å². The van der Waals surface area contributed by atoms with E-state index >= 15 is 0 Å². The van der Waals surface area contributed by atoms with Crippen LogP contribution in [0.25, 0.3) is 0 Å². The first-order valence-electron chi connectivity index (χ1n) is 5.02. The van der Waals surface area contributed by atoms with Crippen molar-refractivity contribution in [3.63, 3.8) is 0 Å². The molecule has 1 N–H and O–H groups in total. The summed E-state index contributed by atoms with van der Waals surface area (Å²) in [4.78, 5) is 4.05. The molecule has 0 aliphatic rings. The fraction of sp³-hybridized carbons (Fsp3) is 0.545. The minimum Gasteiger partial charge on any atom is -0.380 e. The molecule has 0 aromatic carbocycles. The van der Waals surface area contributed by atoms with Crippen LogP contribution in [-0.2, 0) is 11.3 Å². The van der Waals surface area contributed by atoms with E-state index < -0.39 is 0 Å². The zero-order chi connectivity index (χ0) is 10.2. The van der Waals surface area contributed by atoms with E-state index in [0.29, 0.717) is 0 Å². The van der Waals surface area contributed by atoms with Gasteiger partial charge in [0, 0.05) is 32.1 Å². The van der Waals surface area contributed by atoms with Gasteiger partial charge in [-0.25, -0.2) is 0 Å². The maximum Gasteiger partial charge on any atom is 0.0590 e. The average Bonchev–Trinajstić information content (AvgIpc) is 2.20. The number of pyridine rings is 1. The lowest BCUT2D eigenvalue weighted by Gasteiger charge is -2.06. The van der Waals surface area contributed by atoms with Crippen LogP contribution >= 0.6 is 0 Å². The Labute approximate surface area is 85.5 Å². The Morgan fingerprint density at radius 2 is 2.36 bits per heavy atom.